The number of amides is 1. The number of hydrogen-bond acceptors (Lipinski definition) is 2. The second kappa shape index (κ2) is 6.66. The predicted octanol–water partition coefficient (Wildman–Crippen LogP) is 2.50. The van der Waals surface area contributed by atoms with Crippen LogP contribution in [0.5, 0.6) is 0 Å². The van der Waals surface area contributed by atoms with E-state index in [2.05, 4.69) is 5.32 Å². The zero-order chi connectivity index (χ0) is 13.7. The van der Waals surface area contributed by atoms with E-state index < -0.39 is 0 Å². The molecule has 1 heterocycles. The number of halogens is 1. The highest BCUT2D eigenvalue weighted by Crippen LogP contribution is 2.23. The van der Waals surface area contributed by atoms with E-state index in [4.69, 9.17) is 4.74 Å². The van der Waals surface area contributed by atoms with E-state index in [0.717, 1.165) is 26.1 Å². The molecule has 4 heteroatoms. The first-order valence-corrected chi connectivity index (χ1v) is 6.77. The molecule has 1 unspecified atom stereocenters. The fraction of sp³-hybridized carbons (Fsp3) is 0.533. The fourth-order valence-electron chi connectivity index (χ4n) is 2.41. The van der Waals surface area contributed by atoms with Crippen LogP contribution in [0.25, 0.3) is 0 Å². The van der Waals surface area contributed by atoms with Gasteiger partial charge in [-0.15, -0.1) is 0 Å². The van der Waals surface area contributed by atoms with Gasteiger partial charge in [-0.25, -0.2) is 4.39 Å². The fourth-order valence-corrected chi connectivity index (χ4v) is 2.41. The van der Waals surface area contributed by atoms with Crippen molar-refractivity contribution in [1.29, 1.82) is 0 Å². The molecule has 1 amide bonds. The molecule has 1 aromatic rings. The summed E-state index contributed by atoms with van der Waals surface area (Å²) in [7, 11) is 0. The highest BCUT2D eigenvalue weighted by Gasteiger charge is 2.25. The van der Waals surface area contributed by atoms with Crippen molar-refractivity contribution in [2.24, 2.45) is 11.8 Å². The number of benzene rings is 1. The van der Waals surface area contributed by atoms with Crippen LogP contribution in [0.4, 0.5) is 4.39 Å². The lowest BCUT2D eigenvalue weighted by atomic mass is 9.87. The first kappa shape index (κ1) is 14.0. The van der Waals surface area contributed by atoms with Gasteiger partial charge >= 0.3 is 0 Å². The van der Waals surface area contributed by atoms with Gasteiger partial charge in [0.15, 0.2) is 0 Å². The van der Waals surface area contributed by atoms with Crippen molar-refractivity contribution in [3.8, 4) is 0 Å². The SMILES string of the molecule is CC(C(=O)NCc1ccccc1F)C1CCOCC1. The minimum Gasteiger partial charge on any atom is -0.381 e. The van der Waals surface area contributed by atoms with Gasteiger partial charge in [-0.05, 0) is 24.8 Å². The third-order valence-electron chi connectivity index (χ3n) is 3.80. The Morgan fingerprint density at radius 2 is 2.11 bits per heavy atom. The average Bonchev–Trinajstić information content (AvgIpc) is 2.46. The summed E-state index contributed by atoms with van der Waals surface area (Å²) in [6.45, 7) is 3.65. The summed E-state index contributed by atoms with van der Waals surface area (Å²) in [6, 6.07) is 6.51. The van der Waals surface area contributed by atoms with Crippen molar-refractivity contribution in [3.63, 3.8) is 0 Å². The summed E-state index contributed by atoms with van der Waals surface area (Å²) in [5, 5.41) is 2.82. The standard InChI is InChI=1S/C15H20FNO2/c1-11(12-6-8-19-9-7-12)15(18)17-10-13-4-2-3-5-14(13)16/h2-5,11-12H,6-10H2,1H3,(H,17,18). The third kappa shape index (κ3) is 3.77. The molecule has 1 N–H and O–H groups in total. The molecule has 1 aromatic carbocycles. The van der Waals surface area contributed by atoms with Crippen LogP contribution in [0.2, 0.25) is 0 Å². The molecule has 2 rings (SSSR count). The molecule has 1 atom stereocenters. The first-order chi connectivity index (χ1) is 9.18. The maximum atomic E-state index is 13.4. The summed E-state index contributed by atoms with van der Waals surface area (Å²) in [6.07, 6.45) is 1.85. The van der Waals surface area contributed by atoms with Crippen LogP contribution in [0.3, 0.4) is 0 Å². The van der Waals surface area contributed by atoms with E-state index >= 15 is 0 Å². The predicted molar refractivity (Wildman–Crippen MR) is 71.0 cm³/mol. The molecule has 1 fully saturated rings. The van der Waals surface area contributed by atoms with E-state index in [1.165, 1.54) is 6.07 Å². The summed E-state index contributed by atoms with van der Waals surface area (Å²) in [5.74, 6) is 0.0433. The van der Waals surface area contributed by atoms with Crippen LogP contribution in [-0.2, 0) is 16.1 Å². The number of carbonyl (C=O) groups excluding carboxylic acids is 1. The quantitative estimate of drug-likeness (QED) is 0.908. The summed E-state index contributed by atoms with van der Waals surface area (Å²) >= 11 is 0. The Morgan fingerprint density at radius 1 is 1.42 bits per heavy atom. The number of ether oxygens (including phenoxy) is 1. The molecule has 1 aliphatic heterocycles. The monoisotopic (exact) mass is 265 g/mol. The van der Waals surface area contributed by atoms with Crippen molar-refractivity contribution in [2.75, 3.05) is 13.2 Å². The van der Waals surface area contributed by atoms with Crippen molar-refractivity contribution in [2.45, 2.75) is 26.3 Å². The van der Waals surface area contributed by atoms with Crippen molar-refractivity contribution in [1.82, 2.24) is 5.32 Å². The van der Waals surface area contributed by atoms with Gasteiger partial charge in [0.2, 0.25) is 5.91 Å². The van der Waals surface area contributed by atoms with E-state index in [1.54, 1.807) is 18.2 Å². The molecule has 19 heavy (non-hydrogen) atoms. The first-order valence-electron chi connectivity index (χ1n) is 6.77. The molecule has 1 aliphatic rings. The molecule has 0 saturated carbocycles. The van der Waals surface area contributed by atoms with Crippen LogP contribution in [0.1, 0.15) is 25.3 Å². The molecular weight excluding hydrogens is 245 g/mol. The second-order valence-corrected chi connectivity index (χ2v) is 5.05. The van der Waals surface area contributed by atoms with Gasteiger partial charge in [-0.3, -0.25) is 4.79 Å². The molecular formula is C15H20FNO2. The number of carbonyl (C=O) groups is 1. The van der Waals surface area contributed by atoms with Gasteiger partial charge in [0, 0.05) is 31.2 Å². The third-order valence-corrected chi connectivity index (χ3v) is 3.80. The van der Waals surface area contributed by atoms with Crippen molar-refractivity contribution < 1.29 is 13.9 Å². The largest absolute Gasteiger partial charge is 0.381 e. The number of hydrogen-bond donors (Lipinski definition) is 1. The Morgan fingerprint density at radius 3 is 2.79 bits per heavy atom. The topological polar surface area (TPSA) is 38.3 Å². The summed E-state index contributed by atoms with van der Waals surface area (Å²) in [4.78, 5) is 12.1. The Bertz CT molecular complexity index is 430. The van der Waals surface area contributed by atoms with Crippen molar-refractivity contribution in [3.05, 3.63) is 35.6 Å². The molecule has 0 aromatic heterocycles. The van der Waals surface area contributed by atoms with E-state index in [0.29, 0.717) is 11.5 Å². The molecule has 0 aliphatic carbocycles. The van der Waals surface area contributed by atoms with Gasteiger partial charge in [0.1, 0.15) is 5.82 Å². The normalized spacial score (nSPS) is 18.0. The van der Waals surface area contributed by atoms with Crippen LogP contribution < -0.4 is 5.32 Å². The number of nitrogens with one attached hydrogen (secondary N) is 1. The van der Waals surface area contributed by atoms with Crippen molar-refractivity contribution >= 4 is 5.91 Å². The zero-order valence-corrected chi connectivity index (χ0v) is 11.2. The summed E-state index contributed by atoms with van der Waals surface area (Å²) < 4.78 is 18.7. The minimum absolute atomic E-state index is 0.00449. The Balaban J connectivity index is 1.85. The van der Waals surface area contributed by atoms with Gasteiger partial charge in [-0.2, -0.15) is 0 Å². The van der Waals surface area contributed by atoms with Crippen LogP contribution in [0.15, 0.2) is 24.3 Å². The lowest BCUT2D eigenvalue weighted by molar-refractivity contribution is -0.127. The Hall–Kier alpha value is -1.42. The summed E-state index contributed by atoms with van der Waals surface area (Å²) in [5.41, 5.74) is 0.523. The molecule has 0 bridgehead atoms. The maximum Gasteiger partial charge on any atom is 0.223 e. The van der Waals surface area contributed by atoms with Crippen LogP contribution >= 0.6 is 0 Å². The van der Waals surface area contributed by atoms with E-state index in [-0.39, 0.29) is 24.2 Å². The Kier molecular flexibility index (Phi) is 4.91. The van der Waals surface area contributed by atoms with Gasteiger partial charge in [-0.1, -0.05) is 25.1 Å². The number of rotatable bonds is 4. The average molecular weight is 265 g/mol. The van der Waals surface area contributed by atoms with E-state index in [9.17, 15) is 9.18 Å². The molecule has 104 valence electrons. The Labute approximate surface area is 113 Å². The van der Waals surface area contributed by atoms with Gasteiger partial charge in [0.05, 0.1) is 0 Å². The zero-order valence-electron chi connectivity index (χ0n) is 11.2. The molecule has 3 nitrogen and oxygen atoms in total. The van der Waals surface area contributed by atoms with Crippen LogP contribution in [0, 0.1) is 17.7 Å². The maximum absolute atomic E-state index is 13.4. The molecule has 0 radical (unpaired) electrons. The second-order valence-electron chi connectivity index (χ2n) is 5.05. The van der Waals surface area contributed by atoms with E-state index in [1.807, 2.05) is 6.92 Å². The van der Waals surface area contributed by atoms with Crippen LogP contribution in [-0.4, -0.2) is 19.1 Å². The smallest absolute Gasteiger partial charge is 0.223 e. The van der Waals surface area contributed by atoms with Gasteiger partial charge in [0.25, 0.3) is 0 Å². The minimum atomic E-state index is -0.276. The lowest BCUT2D eigenvalue weighted by Gasteiger charge is -2.27. The lowest BCUT2D eigenvalue weighted by Crippen LogP contribution is -2.35. The molecule has 0 spiro atoms. The van der Waals surface area contributed by atoms with Gasteiger partial charge < -0.3 is 10.1 Å². The highest BCUT2D eigenvalue weighted by molar-refractivity contribution is 5.78. The molecule has 1 saturated heterocycles. The highest BCUT2D eigenvalue weighted by atomic mass is 19.1.